The van der Waals surface area contributed by atoms with Crippen LogP contribution in [0.4, 0.5) is 0 Å². The molecule has 0 aromatic rings. The van der Waals surface area contributed by atoms with Gasteiger partial charge in [-0.25, -0.2) is 0 Å². The lowest BCUT2D eigenvalue weighted by molar-refractivity contribution is -0.132. The van der Waals surface area contributed by atoms with Crippen LogP contribution in [0, 0.1) is 5.92 Å². The van der Waals surface area contributed by atoms with Gasteiger partial charge in [0, 0.05) is 19.2 Å². The number of nitrogens with one attached hydrogen (secondary N) is 1. The largest absolute Gasteiger partial charge is 0.396 e. The van der Waals surface area contributed by atoms with Crippen LogP contribution in [0.5, 0.6) is 0 Å². The summed E-state index contributed by atoms with van der Waals surface area (Å²) in [6.45, 7) is 4.31. The molecule has 1 aliphatic rings. The third-order valence-corrected chi connectivity index (χ3v) is 3.17. The number of aliphatic hydroxyl groups is 1. The summed E-state index contributed by atoms with van der Waals surface area (Å²) in [5.74, 6) is -0.0422. The highest BCUT2D eigenvalue weighted by atomic mass is 16.5. The van der Waals surface area contributed by atoms with E-state index in [-0.39, 0.29) is 36.7 Å². The third-order valence-electron chi connectivity index (χ3n) is 3.17. The molecule has 94 valence electrons. The first-order valence-corrected chi connectivity index (χ1v) is 5.85. The van der Waals surface area contributed by atoms with Crippen molar-refractivity contribution in [1.29, 1.82) is 0 Å². The van der Waals surface area contributed by atoms with Crippen molar-refractivity contribution in [2.75, 3.05) is 13.2 Å². The minimum absolute atomic E-state index is 0.0151. The van der Waals surface area contributed by atoms with Crippen molar-refractivity contribution in [2.45, 2.75) is 44.9 Å². The highest BCUT2D eigenvalue weighted by Gasteiger charge is 2.30. The smallest absolute Gasteiger partial charge is 0.249 e. The number of carbonyl (C=O) groups excluding carboxylic acids is 1. The Labute approximate surface area is 96.3 Å². The molecule has 4 unspecified atom stereocenters. The van der Waals surface area contributed by atoms with E-state index in [9.17, 15) is 4.79 Å². The highest BCUT2D eigenvalue weighted by Crippen LogP contribution is 2.19. The Morgan fingerprint density at radius 1 is 1.56 bits per heavy atom. The van der Waals surface area contributed by atoms with Crippen LogP contribution in [-0.4, -0.2) is 42.4 Å². The number of hydrogen-bond donors (Lipinski definition) is 3. The summed E-state index contributed by atoms with van der Waals surface area (Å²) in [6, 6.07) is -0.0435. The maximum atomic E-state index is 11.8. The molecule has 0 aliphatic carbocycles. The van der Waals surface area contributed by atoms with Crippen LogP contribution in [0.3, 0.4) is 0 Å². The molecule has 0 saturated carbocycles. The molecular weight excluding hydrogens is 208 g/mol. The molecule has 0 radical (unpaired) electrons. The molecule has 0 bridgehead atoms. The summed E-state index contributed by atoms with van der Waals surface area (Å²) < 4.78 is 5.49. The quantitative estimate of drug-likeness (QED) is 0.601. The average molecular weight is 230 g/mol. The monoisotopic (exact) mass is 230 g/mol. The van der Waals surface area contributed by atoms with Crippen LogP contribution in [0.1, 0.15) is 26.7 Å². The fourth-order valence-corrected chi connectivity index (χ4v) is 1.69. The fourth-order valence-electron chi connectivity index (χ4n) is 1.69. The van der Waals surface area contributed by atoms with E-state index in [0.29, 0.717) is 6.54 Å². The second kappa shape index (κ2) is 6.18. The van der Waals surface area contributed by atoms with Gasteiger partial charge in [-0.15, -0.1) is 0 Å². The summed E-state index contributed by atoms with van der Waals surface area (Å²) in [5, 5.41) is 11.8. The summed E-state index contributed by atoms with van der Waals surface area (Å²) in [7, 11) is 0. The van der Waals surface area contributed by atoms with E-state index in [1.54, 1.807) is 0 Å². The summed E-state index contributed by atoms with van der Waals surface area (Å²) >= 11 is 0. The van der Waals surface area contributed by atoms with Crippen molar-refractivity contribution in [3.63, 3.8) is 0 Å². The van der Waals surface area contributed by atoms with Gasteiger partial charge in [0.25, 0.3) is 0 Å². The SMILES string of the molecule is CC(CO)C(C)NC(=O)C1CCC(CN)O1. The first-order valence-electron chi connectivity index (χ1n) is 5.85. The van der Waals surface area contributed by atoms with Gasteiger partial charge >= 0.3 is 0 Å². The Hall–Kier alpha value is -0.650. The molecule has 1 rings (SSSR count). The van der Waals surface area contributed by atoms with Gasteiger partial charge in [-0.05, 0) is 25.7 Å². The molecule has 0 aromatic carbocycles. The zero-order chi connectivity index (χ0) is 12.1. The van der Waals surface area contributed by atoms with Crippen molar-refractivity contribution in [2.24, 2.45) is 11.7 Å². The van der Waals surface area contributed by atoms with E-state index in [0.717, 1.165) is 12.8 Å². The summed E-state index contributed by atoms with van der Waals surface area (Å²) in [4.78, 5) is 11.8. The molecule has 4 atom stereocenters. The van der Waals surface area contributed by atoms with Crippen molar-refractivity contribution < 1.29 is 14.6 Å². The van der Waals surface area contributed by atoms with Crippen LogP contribution < -0.4 is 11.1 Å². The number of hydrogen-bond acceptors (Lipinski definition) is 4. The number of rotatable bonds is 5. The minimum Gasteiger partial charge on any atom is -0.396 e. The van der Waals surface area contributed by atoms with Crippen LogP contribution in [0.15, 0.2) is 0 Å². The fraction of sp³-hybridized carbons (Fsp3) is 0.909. The number of ether oxygens (including phenoxy) is 1. The van der Waals surface area contributed by atoms with Crippen molar-refractivity contribution in [1.82, 2.24) is 5.32 Å². The van der Waals surface area contributed by atoms with Crippen molar-refractivity contribution in [3.05, 3.63) is 0 Å². The lowest BCUT2D eigenvalue weighted by atomic mass is 10.0. The molecule has 1 heterocycles. The second-order valence-electron chi connectivity index (χ2n) is 4.52. The summed E-state index contributed by atoms with van der Waals surface area (Å²) in [5.41, 5.74) is 5.48. The number of carbonyl (C=O) groups is 1. The Morgan fingerprint density at radius 3 is 2.75 bits per heavy atom. The molecule has 1 saturated heterocycles. The topological polar surface area (TPSA) is 84.6 Å². The van der Waals surface area contributed by atoms with Crippen LogP contribution in [0.25, 0.3) is 0 Å². The third kappa shape index (κ3) is 3.43. The number of amides is 1. The van der Waals surface area contributed by atoms with Gasteiger partial charge in [-0.1, -0.05) is 6.92 Å². The van der Waals surface area contributed by atoms with E-state index in [1.165, 1.54) is 0 Å². The van der Waals surface area contributed by atoms with E-state index in [2.05, 4.69) is 5.32 Å². The van der Waals surface area contributed by atoms with Crippen LogP contribution in [0.2, 0.25) is 0 Å². The van der Waals surface area contributed by atoms with Gasteiger partial charge in [0.1, 0.15) is 6.10 Å². The van der Waals surface area contributed by atoms with E-state index in [1.807, 2.05) is 13.8 Å². The van der Waals surface area contributed by atoms with Gasteiger partial charge in [-0.3, -0.25) is 4.79 Å². The lowest BCUT2D eigenvalue weighted by Gasteiger charge is -2.21. The molecule has 16 heavy (non-hydrogen) atoms. The average Bonchev–Trinajstić information content (AvgIpc) is 2.76. The highest BCUT2D eigenvalue weighted by molar-refractivity contribution is 5.81. The predicted octanol–water partition coefficient (Wildman–Crippen LogP) is -0.374. The van der Waals surface area contributed by atoms with E-state index >= 15 is 0 Å². The van der Waals surface area contributed by atoms with Gasteiger partial charge in [0.05, 0.1) is 6.10 Å². The Balaban J connectivity index is 2.35. The predicted molar refractivity (Wildman–Crippen MR) is 60.8 cm³/mol. The standard InChI is InChI=1S/C11H22N2O3/c1-7(6-14)8(2)13-11(15)10-4-3-9(5-12)16-10/h7-10,14H,3-6,12H2,1-2H3,(H,13,15). The summed E-state index contributed by atoms with van der Waals surface area (Å²) in [6.07, 6.45) is 1.22. The van der Waals surface area contributed by atoms with Gasteiger partial charge in [-0.2, -0.15) is 0 Å². The Kier molecular flexibility index (Phi) is 5.18. The number of nitrogens with two attached hydrogens (primary N) is 1. The van der Waals surface area contributed by atoms with E-state index < -0.39 is 0 Å². The maximum absolute atomic E-state index is 11.8. The van der Waals surface area contributed by atoms with Gasteiger partial charge in [0.15, 0.2) is 0 Å². The molecule has 0 aromatic heterocycles. The van der Waals surface area contributed by atoms with Crippen molar-refractivity contribution >= 4 is 5.91 Å². The molecular formula is C11H22N2O3. The molecule has 5 nitrogen and oxygen atoms in total. The molecule has 1 amide bonds. The maximum Gasteiger partial charge on any atom is 0.249 e. The van der Waals surface area contributed by atoms with Gasteiger partial charge < -0.3 is 20.9 Å². The zero-order valence-corrected chi connectivity index (χ0v) is 9.98. The first kappa shape index (κ1) is 13.4. The lowest BCUT2D eigenvalue weighted by Crippen LogP contribution is -2.43. The minimum atomic E-state index is -0.373. The normalized spacial score (nSPS) is 28.8. The van der Waals surface area contributed by atoms with Gasteiger partial charge in [0.2, 0.25) is 5.91 Å². The zero-order valence-electron chi connectivity index (χ0n) is 9.98. The second-order valence-corrected chi connectivity index (χ2v) is 4.52. The Morgan fingerprint density at radius 2 is 2.25 bits per heavy atom. The molecule has 4 N–H and O–H groups in total. The molecule has 1 fully saturated rings. The molecule has 5 heteroatoms. The first-order chi connectivity index (χ1) is 7.58. The van der Waals surface area contributed by atoms with E-state index in [4.69, 9.17) is 15.6 Å². The van der Waals surface area contributed by atoms with Crippen molar-refractivity contribution in [3.8, 4) is 0 Å². The number of aliphatic hydroxyl groups excluding tert-OH is 1. The van der Waals surface area contributed by atoms with Crippen LogP contribution >= 0.6 is 0 Å². The Bertz CT molecular complexity index is 235. The molecule has 1 aliphatic heterocycles. The molecule has 0 spiro atoms. The van der Waals surface area contributed by atoms with Crippen LogP contribution in [-0.2, 0) is 9.53 Å².